The highest BCUT2D eigenvalue weighted by atomic mass is 35.5. The molecule has 0 radical (unpaired) electrons. The van der Waals surface area contributed by atoms with Crippen molar-refractivity contribution in [1.29, 1.82) is 0 Å². The van der Waals surface area contributed by atoms with Crippen molar-refractivity contribution in [2.24, 2.45) is 0 Å². The van der Waals surface area contributed by atoms with Gasteiger partial charge < -0.3 is 5.32 Å². The van der Waals surface area contributed by atoms with Gasteiger partial charge in [-0.2, -0.15) is 17.0 Å². The number of hydrogen-bond donors (Lipinski definition) is 1. The molecule has 0 bridgehead atoms. The SMILES string of the molecule is CC(CCc1ccccc1)NC(=O)CN1CCCN(Cc2ccccc2Cl)S1(=O)=O. The summed E-state index contributed by atoms with van der Waals surface area (Å²) in [6.07, 6.45) is 2.32. The van der Waals surface area contributed by atoms with Gasteiger partial charge in [0.1, 0.15) is 0 Å². The number of benzene rings is 2. The van der Waals surface area contributed by atoms with Gasteiger partial charge in [0.15, 0.2) is 0 Å². The Labute approximate surface area is 184 Å². The molecule has 0 spiro atoms. The van der Waals surface area contributed by atoms with Gasteiger partial charge in [-0.1, -0.05) is 60.1 Å². The molecule has 162 valence electrons. The Morgan fingerprint density at radius 3 is 2.47 bits per heavy atom. The van der Waals surface area contributed by atoms with Gasteiger partial charge in [0.05, 0.1) is 6.54 Å². The van der Waals surface area contributed by atoms with Crippen LogP contribution in [0.5, 0.6) is 0 Å². The fourth-order valence-electron chi connectivity index (χ4n) is 3.54. The predicted molar refractivity (Wildman–Crippen MR) is 119 cm³/mol. The van der Waals surface area contributed by atoms with Crippen LogP contribution in [0.25, 0.3) is 0 Å². The Morgan fingerprint density at radius 1 is 1.07 bits per heavy atom. The molecule has 1 saturated heterocycles. The van der Waals surface area contributed by atoms with Crippen molar-refractivity contribution in [3.05, 3.63) is 70.7 Å². The van der Waals surface area contributed by atoms with Gasteiger partial charge in [0.2, 0.25) is 5.91 Å². The minimum atomic E-state index is -3.72. The van der Waals surface area contributed by atoms with Crippen LogP contribution in [-0.2, 0) is 28.0 Å². The molecule has 1 N–H and O–H groups in total. The van der Waals surface area contributed by atoms with Gasteiger partial charge in [-0.25, -0.2) is 0 Å². The average Bonchev–Trinajstić information content (AvgIpc) is 2.72. The van der Waals surface area contributed by atoms with Crippen LogP contribution < -0.4 is 5.32 Å². The fourth-order valence-corrected chi connectivity index (χ4v) is 5.36. The van der Waals surface area contributed by atoms with Gasteiger partial charge in [-0.05, 0) is 43.4 Å². The summed E-state index contributed by atoms with van der Waals surface area (Å²) in [7, 11) is -3.72. The van der Waals surface area contributed by atoms with E-state index < -0.39 is 10.2 Å². The third-order valence-electron chi connectivity index (χ3n) is 5.21. The lowest BCUT2D eigenvalue weighted by atomic mass is 10.1. The molecule has 2 aromatic carbocycles. The maximum atomic E-state index is 13.0. The molecular formula is C22H28ClN3O3S. The third kappa shape index (κ3) is 6.04. The molecule has 2 aromatic rings. The zero-order valence-electron chi connectivity index (χ0n) is 17.1. The summed E-state index contributed by atoms with van der Waals surface area (Å²) in [4.78, 5) is 12.5. The van der Waals surface area contributed by atoms with E-state index in [1.54, 1.807) is 6.07 Å². The summed E-state index contributed by atoms with van der Waals surface area (Å²) in [5.74, 6) is -0.279. The van der Waals surface area contributed by atoms with E-state index in [1.165, 1.54) is 14.2 Å². The average molecular weight is 450 g/mol. The fraction of sp³-hybridized carbons (Fsp3) is 0.409. The largest absolute Gasteiger partial charge is 0.352 e. The molecule has 0 aliphatic carbocycles. The lowest BCUT2D eigenvalue weighted by Crippen LogP contribution is -2.52. The molecule has 1 unspecified atom stereocenters. The molecule has 1 aliphatic heterocycles. The van der Waals surface area contributed by atoms with Crippen LogP contribution >= 0.6 is 11.6 Å². The van der Waals surface area contributed by atoms with E-state index in [-0.39, 0.29) is 25.0 Å². The summed E-state index contributed by atoms with van der Waals surface area (Å²) >= 11 is 6.19. The molecule has 1 atom stereocenters. The molecule has 0 saturated carbocycles. The number of nitrogens with one attached hydrogen (secondary N) is 1. The van der Waals surface area contributed by atoms with Crippen LogP contribution in [0.15, 0.2) is 54.6 Å². The van der Waals surface area contributed by atoms with Gasteiger partial charge in [0, 0.05) is 30.7 Å². The first kappa shape index (κ1) is 22.7. The van der Waals surface area contributed by atoms with Crippen molar-refractivity contribution < 1.29 is 13.2 Å². The molecule has 1 amide bonds. The van der Waals surface area contributed by atoms with E-state index in [1.807, 2.05) is 43.3 Å². The summed E-state index contributed by atoms with van der Waals surface area (Å²) in [5, 5.41) is 3.46. The lowest BCUT2D eigenvalue weighted by Gasteiger charge is -2.34. The maximum absolute atomic E-state index is 13.0. The second-order valence-corrected chi connectivity index (χ2v) is 9.95. The number of halogens is 1. The minimum absolute atomic E-state index is 0.0376. The van der Waals surface area contributed by atoms with E-state index in [0.29, 0.717) is 24.5 Å². The predicted octanol–water partition coefficient (Wildman–Crippen LogP) is 3.23. The molecule has 1 fully saturated rings. The van der Waals surface area contributed by atoms with Gasteiger partial charge >= 0.3 is 0 Å². The van der Waals surface area contributed by atoms with E-state index in [2.05, 4.69) is 17.4 Å². The van der Waals surface area contributed by atoms with Crippen LogP contribution in [0.3, 0.4) is 0 Å². The minimum Gasteiger partial charge on any atom is -0.352 e. The smallest absolute Gasteiger partial charge is 0.282 e. The van der Waals surface area contributed by atoms with Crippen LogP contribution in [0.4, 0.5) is 0 Å². The molecule has 3 rings (SSSR count). The quantitative estimate of drug-likeness (QED) is 0.672. The Balaban J connectivity index is 1.54. The number of nitrogens with zero attached hydrogens (tertiary/aromatic N) is 2. The third-order valence-corrected chi connectivity index (χ3v) is 7.51. The summed E-state index contributed by atoms with van der Waals surface area (Å²) in [5.41, 5.74) is 1.97. The van der Waals surface area contributed by atoms with Crippen molar-refractivity contribution in [2.75, 3.05) is 19.6 Å². The summed E-state index contributed by atoms with van der Waals surface area (Å²) in [6, 6.07) is 17.2. The number of aryl methyl sites for hydroxylation is 1. The highest BCUT2D eigenvalue weighted by Gasteiger charge is 2.35. The van der Waals surface area contributed by atoms with Crippen molar-refractivity contribution in [3.8, 4) is 0 Å². The Morgan fingerprint density at radius 2 is 1.73 bits per heavy atom. The highest BCUT2D eigenvalue weighted by Crippen LogP contribution is 2.23. The Bertz CT molecular complexity index is 953. The molecule has 0 aromatic heterocycles. The highest BCUT2D eigenvalue weighted by molar-refractivity contribution is 7.86. The van der Waals surface area contributed by atoms with Crippen molar-refractivity contribution in [3.63, 3.8) is 0 Å². The van der Waals surface area contributed by atoms with E-state index >= 15 is 0 Å². The van der Waals surface area contributed by atoms with Gasteiger partial charge in [-0.3, -0.25) is 4.79 Å². The Kier molecular flexibility index (Phi) is 7.88. The second kappa shape index (κ2) is 10.4. The van der Waals surface area contributed by atoms with Crippen LogP contribution in [0.2, 0.25) is 5.02 Å². The van der Waals surface area contributed by atoms with E-state index in [4.69, 9.17) is 11.6 Å². The van der Waals surface area contributed by atoms with E-state index in [0.717, 1.165) is 18.4 Å². The molecule has 8 heteroatoms. The molecule has 6 nitrogen and oxygen atoms in total. The number of amides is 1. The van der Waals surface area contributed by atoms with E-state index in [9.17, 15) is 13.2 Å². The zero-order valence-corrected chi connectivity index (χ0v) is 18.7. The van der Waals surface area contributed by atoms with Crippen molar-refractivity contribution >= 4 is 27.7 Å². The van der Waals surface area contributed by atoms with Gasteiger partial charge in [-0.15, -0.1) is 0 Å². The monoisotopic (exact) mass is 449 g/mol. The first-order chi connectivity index (χ1) is 14.4. The van der Waals surface area contributed by atoms with Gasteiger partial charge in [0.25, 0.3) is 10.2 Å². The summed E-state index contributed by atoms with van der Waals surface area (Å²) in [6.45, 7) is 2.73. The van der Waals surface area contributed by atoms with Crippen LogP contribution in [-0.4, -0.2) is 48.6 Å². The first-order valence-electron chi connectivity index (χ1n) is 10.2. The van der Waals surface area contributed by atoms with Crippen molar-refractivity contribution in [1.82, 2.24) is 13.9 Å². The molecular weight excluding hydrogens is 422 g/mol. The molecule has 30 heavy (non-hydrogen) atoms. The zero-order chi connectivity index (χ0) is 21.6. The Hall–Kier alpha value is -1.93. The normalized spacial score (nSPS) is 18.1. The topological polar surface area (TPSA) is 69.7 Å². The molecule has 1 heterocycles. The van der Waals surface area contributed by atoms with Crippen molar-refractivity contribution in [2.45, 2.75) is 38.8 Å². The second-order valence-electron chi connectivity index (χ2n) is 7.61. The molecule has 1 aliphatic rings. The summed E-state index contributed by atoms with van der Waals surface area (Å²) < 4.78 is 28.6. The van der Waals surface area contributed by atoms with Crippen LogP contribution in [0, 0.1) is 0 Å². The number of carbonyl (C=O) groups is 1. The first-order valence-corrected chi connectivity index (χ1v) is 12.0. The standard InChI is InChI=1S/C22H28ClN3O3S/c1-18(12-13-19-8-3-2-4-9-19)24-22(27)17-26-15-7-14-25(30(26,28)29)16-20-10-5-6-11-21(20)23/h2-6,8-11,18H,7,12-17H2,1H3,(H,24,27). The number of rotatable bonds is 8. The number of hydrogen-bond acceptors (Lipinski definition) is 3. The maximum Gasteiger partial charge on any atom is 0.282 e. The lowest BCUT2D eigenvalue weighted by molar-refractivity contribution is -0.122. The number of carbonyl (C=O) groups excluding carboxylic acids is 1. The van der Waals surface area contributed by atoms with Crippen LogP contribution in [0.1, 0.15) is 30.9 Å².